The molecule has 1 aromatic heterocycles. The highest BCUT2D eigenvalue weighted by Gasteiger charge is 2.15. The molecule has 0 saturated heterocycles. The van der Waals surface area contributed by atoms with Crippen molar-refractivity contribution in [1.29, 1.82) is 0 Å². The van der Waals surface area contributed by atoms with E-state index in [9.17, 15) is 4.79 Å². The summed E-state index contributed by atoms with van der Waals surface area (Å²) in [5, 5.41) is 3.38. The molecule has 2 heteroatoms. The van der Waals surface area contributed by atoms with Crippen LogP contribution in [0.15, 0.2) is 48.5 Å². The molecule has 0 radical (unpaired) electrons. The number of hydrogen-bond acceptors (Lipinski definition) is 2. The molecule has 90 valence electrons. The molecule has 1 aliphatic rings. The third kappa shape index (κ3) is 1.50. The monoisotopic (exact) mass is 245 g/mol. The van der Waals surface area contributed by atoms with Crippen LogP contribution in [0.25, 0.3) is 27.8 Å². The van der Waals surface area contributed by atoms with Gasteiger partial charge in [-0.3, -0.25) is 4.79 Å². The van der Waals surface area contributed by atoms with E-state index in [1.165, 1.54) is 5.39 Å². The topological polar surface area (TPSA) is 30.0 Å². The van der Waals surface area contributed by atoms with Gasteiger partial charge in [0.2, 0.25) is 0 Å². The molecule has 0 N–H and O–H groups in total. The lowest BCUT2D eigenvalue weighted by Gasteiger charge is -2.11. The highest BCUT2D eigenvalue weighted by Crippen LogP contribution is 2.28. The van der Waals surface area contributed by atoms with Crippen LogP contribution in [-0.2, 0) is 0 Å². The molecule has 4 rings (SSSR count). The Morgan fingerprint density at radius 2 is 1.89 bits per heavy atom. The number of allylic oxidation sites excluding steroid dienone is 1. The van der Waals surface area contributed by atoms with Gasteiger partial charge in [-0.05, 0) is 29.0 Å². The Hall–Kier alpha value is -2.48. The fourth-order valence-corrected chi connectivity index (χ4v) is 2.68. The zero-order chi connectivity index (χ0) is 12.8. The molecule has 0 amide bonds. The molecule has 1 aliphatic carbocycles. The summed E-state index contributed by atoms with van der Waals surface area (Å²) in [6, 6.07) is 14.3. The van der Waals surface area contributed by atoms with Gasteiger partial charge in [0.1, 0.15) is 0 Å². The minimum absolute atomic E-state index is 0.153. The first-order valence-corrected chi connectivity index (χ1v) is 6.35. The summed E-state index contributed by atoms with van der Waals surface area (Å²) in [6.45, 7) is 0. The third-order valence-corrected chi connectivity index (χ3v) is 3.63. The van der Waals surface area contributed by atoms with Crippen molar-refractivity contribution in [1.82, 2.24) is 4.98 Å². The molecule has 2 nitrogen and oxygen atoms in total. The predicted octanol–water partition coefficient (Wildman–Crippen LogP) is 3.99. The summed E-state index contributed by atoms with van der Waals surface area (Å²) >= 11 is 0. The second-order valence-corrected chi connectivity index (χ2v) is 4.80. The van der Waals surface area contributed by atoms with Gasteiger partial charge in [0.15, 0.2) is 5.78 Å². The van der Waals surface area contributed by atoms with Crippen LogP contribution < -0.4 is 0 Å². The summed E-state index contributed by atoms with van der Waals surface area (Å²) in [4.78, 5) is 16.6. The van der Waals surface area contributed by atoms with Gasteiger partial charge in [0.25, 0.3) is 0 Å². The summed E-state index contributed by atoms with van der Waals surface area (Å²) < 4.78 is 0. The van der Waals surface area contributed by atoms with Crippen LogP contribution in [-0.4, -0.2) is 10.8 Å². The molecule has 19 heavy (non-hydrogen) atoms. The number of fused-ring (bicyclic) bond motifs is 4. The number of hydrogen-bond donors (Lipinski definition) is 0. The Balaban J connectivity index is 2.17. The Morgan fingerprint density at radius 3 is 2.84 bits per heavy atom. The number of rotatable bonds is 0. The van der Waals surface area contributed by atoms with Crippen molar-refractivity contribution in [3.63, 3.8) is 0 Å². The zero-order valence-corrected chi connectivity index (χ0v) is 10.3. The molecule has 3 aromatic rings. The van der Waals surface area contributed by atoms with E-state index >= 15 is 0 Å². The Bertz CT molecular complexity index is 862. The molecule has 2 aromatic carbocycles. The molecule has 0 saturated carbocycles. The minimum atomic E-state index is 0.153. The van der Waals surface area contributed by atoms with E-state index in [0.29, 0.717) is 6.42 Å². The smallest absolute Gasteiger partial charge is 0.168 e. The standard InChI is InChI=1S/C17H11NO/c19-17-7-3-6-15-14(17)10-13-12-5-2-1-4-11(12)8-9-16(13)18-15/h1-6,8-10H,7H2. The van der Waals surface area contributed by atoms with Crippen molar-refractivity contribution >= 4 is 33.5 Å². The number of Topliss-reactive ketones (excluding diaryl/α,β-unsaturated/α-hetero) is 1. The van der Waals surface area contributed by atoms with Crippen LogP contribution in [0, 0.1) is 0 Å². The normalized spacial score (nSPS) is 14.0. The molecule has 0 fully saturated rings. The maximum absolute atomic E-state index is 12.0. The lowest BCUT2D eigenvalue weighted by molar-refractivity contribution is 0.0994. The van der Waals surface area contributed by atoms with E-state index in [4.69, 9.17) is 0 Å². The lowest BCUT2D eigenvalue weighted by atomic mass is 9.96. The average molecular weight is 245 g/mol. The van der Waals surface area contributed by atoms with Crippen LogP contribution in [0.2, 0.25) is 0 Å². The predicted molar refractivity (Wildman–Crippen MR) is 77.2 cm³/mol. The fraction of sp³-hybridized carbons (Fsp3) is 0.0588. The van der Waals surface area contributed by atoms with Crippen molar-refractivity contribution in [3.8, 4) is 0 Å². The lowest BCUT2D eigenvalue weighted by Crippen LogP contribution is -2.06. The second kappa shape index (κ2) is 3.75. The number of ketones is 1. The zero-order valence-electron chi connectivity index (χ0n) is 10.3. The summed E-state index contributed by atoms with van der Waals surface area (Å²) in [6.07, 6.45) is 4.29. The first-order chi connectivity index (χ1) is 9.33. The molecule has 0 unspecified atom stereocenters. The van der Waals surface area contributed by atoms with Crippen molar-refractivity contribution in [2.45, 2.75) is 6.42 Å². The van der Waals surface area contributed by atoms with Crippen LogP contribution in [0.5, 0.6) is 0 Å². The number of pyridine rings is 1. The van der Waals surface area contributed by atoms with Gasteiger partial charge < -0.3 is 0 Å². The number of nitrogens with zero attached hydrogens (tertiary/aromatic N) is 1. The Kier molecular flexibility index (Phi) is 2.06. The van der Waals surface area contributed by atoms with Crippen LogP contribution in [0.1, 0.15) is 22.5 Å². The van der Waals surface area contributed by atoms with Crippen LogP contribution in [0.3, 0.4) is 0 Å². The van der Waals surface area contributed by atoms with E-state index in [-0.39, 0.29) is 5.78 Å². The van der Waals surface area contributed by atoms with Gasteiger partial charge in [0.05, 0.1) is 11.2 Å². The highest BCUT2D eigenvalue weighted by molar-refractivity contribution is 6.11. The van der Waals surface area contributed by atoms with Gasteiger partial charge in [0, 0.05) is 17.4 Å². The summed E-state index contributed by atoms with van der Waals surface area (Å²) in [5.74, 6) is 0.153. The van der Waals surface area contributed by atoms with Gasteiger partial charge >= 0.3 is 0 Å². The van der Waals surface area contributed by atoms with E-state index in [0.717, 1.165) is 27.5 Å². The fourth-order valence-electron chi connectivity index (χ4n) is 2.68. The second-order valence-electron chi connectivity index (χ2n) is 4.80. The molecule has 0 bridgehead atoms. The van der Waals surface area contributed by atoms with Crippen LogP contribution >= 0.6 is 0 Å². The van der Waals surface area contributed by atoms with Gasteiger partial charge in [-0.2, -0.15) is 0 Å². The van der Waals surface area contributed by atoms with Crippen molar-refractivity contribution in [2.75, 3.05) is 0 Å². The number of benzene rings is 2. The third-order valence-electron chi connectivity index (χ3n) is 3.63. The largest absolute Gasteiger partial charge is 0.294 e. The molecule has 1 heterocycles. The minimum Gasteiger partial charge on any atom is -0.294 e. The van der Waals surface area contributed by atoms with E-state index < -0.39 is 0 Å². The van der Waals surface area contributed by atoms with Crippen molar-refractivity contribution in [3.05, 3.63) is 59.8 Å². The van der Waals surface area contributed by atoms with Gasteiger partial charge in [-0.25, -0.2) is 4.98 Å². The first kappa shape index (κ1) is 10.4. The van der Waals surface area contributed by atoms with Crippen LogP contribution in [0.4, 0.5) is 0 Å². The maximum Gasteiger partial charge on any atom is 0.168 e. The van der Waals surface area contributed by atoms with Gasteiger partial charge in [-0.15, -0.1) is 0 Å². The Labute approximate surface area is 110 Å². The highest BCUT2D eigenvalue weighted by atomic mass is 16.1. The molecule has 0 aliphatic heterocycles. The average Bonchev–Trinajstić information content (AvgIpc) is 2.46. The summed E-state index contributed by atoms with van der Waals surface area (Å²) in [5.41, 5.74) is 2.47. The molecular weight excluding hydrogens is 234 g/mol. The number of carbonyl (C=O) groups is 1. The quantitative estimate of drug-likeness (QED) is 0.560. The number of carbonyl (C=O) groups excluding carboxylic acids is 1. The summed E-state index contributed by atoms with van der Waals surface area (Å²) in [7, 11) is 0. The molecular formula is C17H11NO. The van der Waals surface area contributed by atoms with E-state index in [1.54, 1.807) is 0 Å². The first-order valence-electron chi connectivity index (χ1n) is 6.35. The number of aromatic nitrogens is 1. The molecule has 0 atom stereocenters. The van der Waals surface area contributed by atoms with E-state index in [1.807, 2.05) is 36.4 Å². The van der Waals surface area contributed by atoms with Crippen molar-refractivity contribution in [2.24, 2.45) is 0 Å². The Morgan fingerprint density at radius 1 is 1.00 bits per heavy atom. The molecule has 0 spiro atoms. The van der Waals surface area contributed by atoms with E-state index in [2.05, 4.69) is 23.2 Å². The van der Waals surface area contributed by atoms with Gasteiger partial charge in [-0.1, -0.05) is 36.4 Å². The SMILES string of the molecule is O=C1CC=Cc2nc3ccc4ccccc4c3cc21. The maximum atomic E-state index is 12.0. The van der Waals surface area contributed by atoms with Crippen molar-refractivity contribution < 1.29 is 4.79 Å².